The Labute approximate surface area is 140 Å². The van der Waals surface area contributed by atoms with Gasteiger partial charge in [0.15, 0.2) is 0 Å². The molecule has 23 heavy (non-hydrogen) atoms. The first kappa shape index (κ1) is 17.5. The van der Waals surface area contributed by atoms with Crippen molar-refractivity contribution in [3.63, 3.8) is 0 Å². The van der Waals surface area contributed by atoms with Crippen LogP contribution in [0.25, 0.3) is 0 Å². The molecule has 0 aromatic heterocycles. The molecule has 0 aliphatic heterocycles. The number of sulfonamides is 1. The van der Waals surface area contributed by atoms with Crippen molar-refractivity contribution in [1.29, 1.82) is 0 Å². The number of aliphatic carboxylic acids is 1. The van der Waals surface area contributed by atoms with Gasteiger partial charge in [0.05, 0.1) is 4.90 Å². The smallest absolute Gasteiger partial charge is 0.322 e. The average Bonchev–Trinajstić information content (AvgIpc) is 2.53. The van der Waals surface area contributed by atoms with E-state index in [1.807, 2.05) is 6.07 Å². The van der Waals surface area contributed by atoms with Gasteiger partial charge in [-0.25, -0.2) is 8.42 Å². The second kappa shape index (κ2) is 7.12. The van der Waals surface area contributed by atoms with E-state index in [0.29, 0.717) is 5.02 Å². The van der Waals surface area contributed by atoms with Gasteiger partial charge in [0, 0.05) is 12.1 Å². The molecule has 2 aromatic rings. The van der Waals surface area contributed by atoms with Gasteiger partial charge in [0.1, 0.15) is 6.04 Å². The number of hydrogen-bond donors (Lipinski definition) is 1. The third-order valence-corrected chi connectivity index (χ3v) is 5.62. The third-order valence-electron chi connectivity index (χ3n) is 3.49. The molecule has 0 aliphatic carbocycles. The summed E-state index contributed by atoms with van der Waals surface area (Å²) in [6.07, 6.45) is 0.0828. The molecule has 0 amide bonds. The minimum atomic E-state index is -3.93. The lowest BCUT2D eigenvalue weighted by Crippen LogP contribution is -2.43. The van der Waals surface area contributed by atoms with E-state index in [1.54, 1.807) is 24.3 Å². The average molecular weight is 354 g/mol. The van der Waals surface area contributed by atoms with Gasteiger partial charge in [-0.3, -0.25) is 4.79 Å². The molecule has 0 unspecified atom stereocenters. The molecule has 1 atom stereocenters. The van der Waals surface area contributed by atoms with Crippen LogP contribution in [-0.2, 0) is 21.2 Å². The lowest BCUT2D eigenvalue weighted by atomic mass is 10.1. The topological polar surface area (TPSA) is 74.7 Å². The maximum Gasteiger partial charge on any atom is 0.322 e. The summed E-state index contributed by atoms with van der Waals surface area (Å²) in [7, 11) is -2.66. The van der Waals surface area contributed by atoms with Gasteiger partial charge >= 0.3 is 5.97 Å². The van der Waals surface area contributed by atoms with E-state index in [-0.39, 0.29) is 11.3 Å². The standard InChI is InChI=1S/C16H16ClNO4S/c1-18(23(21,22)14-9-7-13(17)8-10-14)15(16(19)20)11-12-5-3-2-4-6-12/h2-10,15H,11H2,1H3,(H,19,20)/t15-/m0/s1. The van der Waals surface area contributed by atoms with Gasteiger partial charge in [-0.15, -0.1) is 0 Å². The molecule has 0 saturated carbocycles. The fraction of sp³-hybridized carbons (Fsp3) is 0.188. The molecule has 0 spiro atoms. The Morgan fingerprint density at radius 2 is 1.70 bits per heavy atom. The van der Waals surface area contributed by atoms with Crippen molar-refractivity contribution in [2.24, 2.45) is 0 Å². The Kier molecular flexibility index (Phi) is 5.41. The zero-order valence-corrected chi connectivity index (χ0v) is 14.0. The van der Waals surface area contributed by atoms with Crippen molar-refractivity contribution in [1.82, 2.24) is 4.31 Å². The van der Waals surface area contributed by atoms with Crippen LogP contribution in [0.1, 0.15) is 5.56 Å². The zero-order chi connectivity index (χ0) is 17.0. The predicted molar refractivity (Wildman–Crippen MR) is 88.0 cm³/mol. The molecule has 0 saturated heterocycles. The number of benzene rings is 2. The van der Waals surface area contributed by atoms with Crippen LogP contribution in [0.4, 0.5) is 0 Å². The third kappa shape index (κ3) is 4.10. The molecule has 7 heteroatoms. The molecule has 0 radical (unpaired) electrons. The van der Waals surface area contributed by atoms with E-state index in [4.69, 9.17) is 11.6 Å². The first-order valence-electron chi connectivity index (χ1n) is 6.82. The second-order valence-corrected chi connectivity index (χ2v) is 7.45. The quantitative estimate of drug-likeness (QED) is 0.866. The lowest BCUT2D eigenvalue weighted by molar-refractivity contribution is -0.141. The SMILES string of the molecule is CN([C@@H](Cc1ccccc1)C(=O)O)S(=O)(=O)c1ccc(Cl)cc1. The number of halogens is 1. The van der Waals surface area contributed by atoms with Gasteiger partial charge < -0.3 is 5.11 Å². The summed E-state index contributed by atoms with van der Waals surface area (Å²) < 4.78 is 26.1. The minimum absolute atomic E-state index is 0.00344. The van der Waals surface area contributed by atoms with E-state index in [1.165, 1.54) is 31.3 Å². The zero-order valence-electron chi connectivity index (χ0n) is 12.4. The summed E-state index contributed by atoms with van der Waals surface area (Å²) >= 11 is 5.76. The number of carboxylic acids is 1. The first-order valence-corrected chi connectivity index (χ1v) is 8.64. The van der Waals surface area contributed by atoms with E-state index < -0.39 is 22.0 Å². The minimum Gasteiger partial charge on any atom is -0.480 e. The summed E-state index contributed by atoms with van der Waals surface area (Å²) in [6, 6.07) is 13.3. The van der Waals surface area contributed by atoms with Crippen molar-refractivity contribution >= 4 is 27.6 Å². The van der Waals surface area contributed by atoms with E-state index in [0.717, 1.165) is 9.87 Å². The van der Waals surface area contributed by atoms with Gasteiger partial charge in [-0.1, -0.05) is 41.9 Å². The Hall–Kier alpha value is -1.89. The number of rotatable bonds is 6. The molecule has 0 aliphatic rings. The number of nitrogens with zero attached hydrogens (tertiary/aromatic N) is 1. The second-order valence-electron chi connectivity index (χ2n) is 5.02. The van der Waals surface area contributed by atoms with E-state index >= 15 is 0 Å². The molecule has 0 bridgehead atoms. The molecule has 0 heterocycles. The number of carbonyl (C=O) groups is 1. The van der Waals surface area contributed by atoms with Crippen molar-refractivity contribution in [2.45, 2.75) is 17.4 Å². The van der Waals surface area contributed by atoms with Crippen LogP contribution >= 0.6 is 11.6 Å². The van der Waals surface area contributed by atoms with E-state index in [2.05, 4.69) is 0 Å². The van der Waals surface area contributed by atoms with Crippen molar-refractivity contribution in [3.8, 4) is 0 Å². The van der Waals surface area contributed by atoms with Crippen LogP contribution in [0.3, 0.4) is 0 Å². The monoisotopic (exact) mass is 353 g/mol. The predicted octanol–water partition coefficient (Wildman–Crippen LogP) is 2.66. The molecule has 2 rings (SSSR count). The maximum atomic E-state index is 12.6. The summed E-state index contributed by atoms with van der Waals surface area (Å²) in [4.78, 5) is 11.6. The van der Waals surface area contributed by atoms with Crippen molar-refractivity contribution in [3.05, 3.63) is 65.2 Å². The highest BCUT2D eigenvalue weighted by atomic mass is 35.5. The molecule has 122 valence electrons. The number of carboxylic acid groups (broad SMARTS) is 1. The van der Waals surface area contributed by atoms with E-state index in [9.17, 15) is 18.3 Å². The molecular formula is C16H16ClNO4S. The van der Waals surface area contributed by atoms with Crippen molar-refractivity contribution in [2.75, 3.05) is 7.05 Å². The van der Waals surface area contributed by atoms with Crippen LogP contribution in [0.5, 0.6) is 0 Å². The maximum absolute atomic E-state index is 12.6. The summed E-state index contributed by atoms with van der Waals surface area (Å²) in [5.74, 6) is -1.20. The highest BCUT2D eigenvalue weighted by molar-refractivity contribution is 7.89. The van der Waals surface area contributed by atoms with Crippen molar-refractivity contribution < 1.29 is 18.3 Å². The van der Waals surface area contributed by atoms with Crippen LogP contribution in [0.15, 0.2) is 59.5 Å². The number of likely N-dealkylation sites (N-methyl/N-ethyl adjacent to an activating group) is 1. The largest absolute Gasteiger partial charge is 0.480 e. The van der Waals surface area contributed by atoms with Crippen LogP contribution < -0.4 is 0 Å². The van der Waals surface area contributed by atoms with Gasteiger partial charge in [-0.2, -0.15) is 4.31 Å². The summed E-state index contributed by atoms with van der Waals surface area (Å²) in [6.45, 7) is 0. The molecular weight excluding hydrogens is 338 g/mol. The fourth-order valence-corrected chi connectivity index (χ4v) is 3.59. The Bertz CT molecular complexity index is 775. The van der Waals surface area contributed by atoms with Gasteiger partial charge in [0.25, 0.3) is 0 Å². The Balaban J connectivity index is 2.31. The Morgan fingerprint density at radius 1 is 1.13 bits per heavy atom. The van der Waals surface area contributed by atoms with Crippen LogP contribution in [-0.4, -0.2) is 36.9 Å². The van der Waals surface area contributed by atoms with Gasteiger partial charge in [-0.05, 0) is 36.2 Å². The van der Waals surface area contributed by atoms with Gasteiger partial charge in [0.2, 0.25) is 10.0 Å². The molecule has 1 N–H and O–H groups in total. The number of hydrogen-bond acceptors (Lipinski definition) is 3. The molecule has 2 aromatic carbocycles. The molecule has 5 nitrogen and oxygen atoms in total. The summed E-state index contributed by atoms with van der Waals surface area (Å²) in [5, 5.41) is 9.84. The first-order chi connectivity index (χ1) is 10.8. The summed E-state index contributed by atoms with van der Waals surface area (Å²) in [5.41, 5.74) is 0.748. The highest BCUT2D eigenvalue weighted by Crippen LogP contribution is 2.21. The molecule has 0 fully saturated rings. The highest BCUT2D eigenvalue weighted by Gasteiger charge is 2.32. The van der Waals surface area contributed by atoms with Crippen LogP contribution in [0, 0.1) is 0 Å². The van der Waals surface area contributed by atoms with Crippen LogP contribution in [0.2, 0.25) is 5.02 Å². The lowest BCUT2D eigenvalue weighted by Gasteiger charge is -2.24. The fourth-order valence-electron chi connectivity index (χ4n) is 2.15. The normalized spacial score (nSPS) is 13.0. The Morgan fingerprint density at radius 3 is 2.22 bits per heavy atom.